The molecule has 0 spiro atoms. The van der Waals surface area contributed by atoms with Gasteiger partial charge in [0.05, 0.1) is 21.2 Å². The zero-order valence-corrected chi connectivity index (χ0v) is 15.2. The molecule has 0 saturated heterocycles. The van der Waals surface area contributed by atoms with Gasteiger partial charge in [0.1, 0.15) is 0 Å². The molecule has 0 radical (unpaired) electrons. The average molecular weight is 359 g/mol. The van der Waals surface area contributed by atoms with Gasteiger partial charge in [0.15, 0.2) is 4.34 Å². The van der Waals surface area contributed by atoms with Crippen LogP contribution in [0.3, 0.4) is 0 Å². The SMILES string of the molecule is O/N=C1/CC/C=C/CC/C=C/CC[C@H]1Sc1nc2ccccc2s1. The number of fused-ring (bicyclic) bond motifs is 1. The molecule has 0 fully saturated rings. The van der Waals surface area contributed by atoms with Crippen LogP contribution in [0.1, 0.15) is 38.5 Å². The summed E-state index contributed by atoms with van der Waals surface area (Å²) in [7, 11) is 0. The molecular weight excluding hydrogens is 336 g/mol. The van der Waals surface area contributed by atoms with Gasteiger partial charge in [-0.25, -0.2) is 4.98 Å². The Labute approximate surface area is 151 Å². The lowest BCUT2D eigenvalue weighted by Crippen LogP contribution is -2.17. The maximum Gasteiger partial charge on any atom is 0.151 e. The number of hydrogen-bond donors (Lipinski definition) is 1. The van der Waals surface area contributed by atoms with Gasteiger partial charge in [-0.15, -0.1) is 11.3 Å². The second kappa shape index (κ2) is 9.04. The normalized spacial score (nSPS) is 24.3. The van der Waals surface area contributed by atoms with Crippen molar-refractivity contribution in [2.45, 2.75) is 48.1 Å². The lowest BCUT2D eigenvalue weighted by molar-refractivity contribution is 0.316. The molecule has 1 N–H and O–H groups in total. The van der Waals surface area contributed by atoms with Crippen LogP contribution in [0.25, 0.3) is 10.2 Å². The summed E-state index contributed by atoms with van der Waals surface area (Å²) in [6.07, 6.45) is 14.8. The molecule has 0 aliphatic heterocycles. The van der Waals surface area contributed by atoms with Crippen LogP contribution in [0, 0.1) is 0 Å². The van der Waals surface area contributed by atoms with E-state index >= 15 is 0 Å². The van der Waals surface area contributed by atoms with Gasteiger partial charge >= 0.3 is 0 Å². The number of thiazole rings is 1. The van der Waals surface area contributed by atoms with Crippen LogP contribution in [-0.4, -0.2) is 21.2 Å². The number of oxime groups is 1. The van der Waals surface area contributed by atoms with E-state index < -0.39 is 0 Å². The minimum Gasteiger partial charge on any atom is -0.411 e. The fraction of sp³-hybridized carbons (Fsp3) is 0.368. The fourth-order valence-electron chi connectivity index (χ4n) is 2.73. The predicted molar refractivity (Wildman–Crippen MR) is 104 cm³/mol. The molecule has 1 aromatic carbocycles. The Bertz CT molecular complexity index is 716. The molecule has 126 valence electrons. The molecule has 5 heteroatoms. The first-order valence-corrected chi connectivity index (χ1v) is 10.1. The molecule has 3 nitrogen and oxygen atoms in total. The molecule has 2 aromatic rings. The quantitative estimate of drug-likeness (QED) is 0.403. The Hall–Kier alpha value is -1.59. The maximum absolute atomic E-state index is 9.50. The Morgan fingerprint density at radius 2 is 1.79 bits per heavy atom. The topological polar surface area (TPSA) is 45.5 Å². The smallest absolute Gasteiger partial charge is 0.151 e. The third kappa shape index (κ3) is 4.71. The highest BCUT2D eigenvalue weighted by Gasteiger charge is 2.19. The van der Waals surface area contributed by atoms with Gasteiger partial charge in [-0.2, -0.15) is 0 Å². The summed E-state index contributed by atoms with van der Waals surface area (Å²) in [4.78, 5) is 4.72. The third-order valence-electron chi connectivity index (χ3n) is 4.01. The molecule has 0 unspecified atom stereocenters. The molecular formula is C19H22N2OS2. The van der Waals surface area contributed by atoms with Crippen LogP contribution in [0.4, 0.5) is 0 Å². The van der Waals surface area contributed by atoms with Gasteiger partial charge < -0.3 is 5.21 Å². The zero-order chi connectivity index (χ0) is 16.6. The Morgan fingerprint density at radius 3 is 2.58 bits per heavy atom. The molecule has 0 saturated carbocycles. The molecule has 1 aliphatic rings. The van der Waals surface area contributed by atoms with Gasteiger partial charge in [0.2, 0.25) is 0 Å². The number of rotatable bonds is 2. The number of nitrogens with zero attached hydrogens (tertiary/aromatic N) is 2. The van der Waals surface area contributed by atoms with Crippen molar-refractivity contribution >= 4 is 39.0 Å². The number of hydrogen-bond acceptors (Lipinski definition) is 5. The molecule has 0 bridgehead atoms. The zero-order valence-electron chi connectivity index (χ0n) is 13.6. The Kier molecular flexibility index (Phi) is 6.49. The van der Waals surface area contributed by atoms with E-state index in [4.69, 9.17) is 4.98 Å². The third-order valence-corrected chi connectivity index (χ3v) is 6.47. The first kappa shape index (κ1) is 17.2. The second-order valence-electron chi connectivity index (χ2n) is 5.78. The molecule has 3 rings (SSSR count). The summed E-state index contributed by atoms with van der Waals surface area (Å²) >= 11 is 3.45. The van der Waals surface area contributed by atoms with Crippen molar-refractivity contribution in [1.29, 1.82) is 0 Å². The summed E-state index contributed by atoms with van der Waals surface area (Å²) in [5.41, 5.74) is 1.92. The minimum atomic E-state index is 0.174. The van der Waals surface area contributed by atoms with E-state index in [-0.39, 0.29) is 5.25 Å². The Morgan fingerprint density at radius 1 is 1.04 bits per heavy atom. The van der Waals surface area contributed by atoms with E-state index in [1.165, 1.54) is 4.70 Å². The first-order chi connectivity index (χ1) is 11.9. The summed E-state index contributed by atoms with van der Waals surface area (Å²) in [5, 5.41) is 13.3. The highest BCUT2D eigenvalue weighted by Crippen LogP contribution is 2.34. The van der Waals surface area contributed by atoms with E-state index in [1.54, 1.807) is 23.1 Å². The standard InChI is InChI=1S/C19H22N2OS2/c22-21-16-12-7-5-3-1-2-4-6-8-13-18(16)24-19-20-15-11-9-10-14-17(15)23-19/h3-6,9-11,14,18,22H,1-2,7-8,12-13H2/b5-3+,6-4+,21-16-/t18-/m1/s1. The van der Waals surface area contributed by atoms with Crippen LogP contribution in [0.5, 0.6) is 0 Å². The number of para-hydroxylation sites is 1. The second-order valence-corrected chi connectivity index (χ2v) is 8.26. The van der Waals surface area contributed by atoms with Crippen LogP contribution in [0.15, 0.2) is 58.1 Å². The fourth-order valence-corrected chi connectivity index (χ4v) is 5.19. The van der Waals surface area contributed by atoms with Crippen molar-refractivity contribution < 1.29 is 5.21 Å². The lowest BCUT2D eigenvalue weighted by Gasteiger charge is -2.15. The van der Waals surface area contributed by atoms with Gasteiger partial charge in [-0.3, -0.25) is 0 Å². The van der Waals surface area contributed by atoms with Gasteiger partial charge in [0.25, 0.3) is 0 Å². The molecule has 1 aromatic heterocycles. The average Bonchev–Trinajstić information content (AvgIpc) is 3.00. The van der Waals surface area contributed by atoms with Gasteiger partial charge in [0, 0.05) is 0 Å². The number of allylic oxidation sites excluding steroid dienone is 4. The van der Waals surface area contributed by atoms with E-state index in [1.807, 2.05) is 18.2 Å². The van der Waals surface area contributed by atoms with E-state index in [9.17, 15) is 5.21 Å². The maximum atomic E-state index is 9.50. The monoisotopic (exact) mass is 358 g/mol. The Balaban J connectivity index is 1.77. The lowest BCUT2D eigenvalue weighted by atomic mass is 10.1. The van der Waals surface area contributed by atoms with Gasteiger partial charge in [-0.1, -0.05) is 53.4 Å². The summed E-state index contributed by atoms with van der Waals surface area (Å²) in [5.74, 6) is 0. The van der Waals surface area contributed by atoms with Gasteiger partial charge in [-0.05, 0) is 50.7 Å². The largest absolute Gasteiger partial charge is 0.411 e. The van der Waals surface area contributed by atoms with Crippen molar-refractivity contribution in [2.24, 2.45) is 5.16 Å². The molecule has 1 aliphatic carbocycles. The summed E-state index contributed by atoms with van der Waals surface area (Å²) in [6, 6.07) is 8.21. The number of aromatic nitrogens is 1. The first-order valence-electron chi connectivity index (χ1n) is 8.40. The number of benzene rings is 1. The van der Waals surface area contributed by atoms with Crippen LogP contribution < -0.4 is 0 Å². The van der Waals surface area contributed by atoms with Crippen molar-refractivity contribution in [3.05, 3.63) is 48.6 Å². The van der Waals surface area contributed by atoms with Crippen molar-refractivity contribution in [2.75, 3.05) is 0 Å². The predicted octanol–water partition coefficient (Wildman–Crippen LogP) is 6.05. The number of thioether (sulfide) groups is 1. The van der Waals surface area contributed by atoms with Crippen molar-refractivity contribution in [3.63, 3.8) is 0 Å². The summed E-state index contributed by atoms with van der Waals surface area (Å²) < 4.78 is 2.26. The van der Waals surface area contributed by atoms with E-state index in [0.29, 0.717) is 0 Å². The van der Waals surface area contributed by atoms with Crippen molar-refractivity contribution in [1.82, 2.24) is 4.98 Å². The molecule has 0 amide bonds. The van der Waals surface area contributed by atoms with E-state index in [2.05, 4.69) is 35.5 Å². The van der Waals surface area contributed by atoms with Crippen LogP contribution >= 0.6 is 23.1 Å². The minimum absolute atomic E-state index is 0.174. The molecule has 24 heavy (non-hydrogen) atoms. The summed E-state index contributed by atoms with van der Waals surface area (Å²) in [6.45, 7) is 0. The highest BCUT2D eigenvalue weighted by atomic mass is 32.2. The van der Waals surface area contributed by atoms with Crippen molar-refractivity contribution in [3.8, 4) is 0 Å². The molecule has 1 atom stereocenters. The van der Waals surface area contributed by atoms with Crippen LogP contribution in [0.2, 0.25) is 0 Å². The molecule has 1 heterocycles. The highest BCUT2D eigenvalue weighted by molar-refractivity contribution is 8.02. The van der Waals surface area contributed by atoms with E-state index in [0.717, 1.165) is 54.1 Å². The van der Waals surface area contributed by atoms with Crippen LogP contribution in [-0.2, 0) is 0 Å².